The van der Waals surface area contributed by atoms with E-state index in [4.69, 9.17) is 16.3 Å². The predicted octanol–water partition coefficient (Wildman–Crippen LogP) is 2.97. The van der Waals surface area contributed by atoms with Gasteiger partial charge in [-0.25, -0.2) is 9.97 Å². The number of hydrogen-bond donors (Lipinski definition) is 1. The predicted molar refractivity (Wildman–Crippen MR) is 106 cm³/mol. The minimum absolute atomic E-state index is 0.0629. The molecule has 0 atom stereocenters. The van der Waals surface area contributed by atoms with Gasteiger partial charge in [-0.05, 0) is 37.7 Å². The summed E-state index contributed by atoms with van der Waals surface area (Å²) in [5.41, 5.74) is 1.85. The van der Waals surface area contributed by atoms with Gasteiger partial charge < -0.3 is 19.9 Å². The molecule has 0 aliphatic carbocycles. The summed E-state index contributed by atoms with van der Waals surface area (Å²) in [6.07, 6.45) is 0. The number of rotatable bonds is 5. The molecule has 0 bridgehead atoms. The summed E-state index contributed by atoms with van der Waals surface area (Å²) < 4.78 is 5.16. The van der Waals surface area contributed by atoms with Gasteiger partial charge in [-0.3, -0.25) is 4.79 Å². The van der Waals surface area contributed by atoms with Crippen molar-refractivity contribution in [3.8, 4) is 5.75 Å². The Morgan fingerprint density at radius 1 is 1.22 bits per heavy atom. The van der Waals surface area contributed by atoms with Crippen LogP contribution in [0, 0.1) is 6.92 Å². The Labute approximate surface area is 164 Å². The Bertz CT molecular complexity index is 822. The molecule has 2 aromatic rings. The number of methoxy groups -OCH3 is 1. The highest BCUT2D eigenvalue weighted by Gasteiger charge is 2.23. The Hall–Kier alpha value is -2.38. The first kappa shape index (κ1) is 19.4. The number of benzene rings is 1. The van der Waals surface area contributed by atoms with Gasteiger partial charge in [0.15, 0.2) is 0 Å². The van der Waals surface area contributed by atoms with Crippen LogP contribution in [0.4, 0.5) is 11.6 Å². The average molecular weight is 390 g/mol. The van der Waals surface area contributed by atoms with Crippen molar-refractivity contribution in [3.63, 3.8) is 0 Å². The third kappa shape index (κ3) is 4.67. The van der Waals surface area contributed by atoms with Crippen molar-refractivity contribution >= 4 is 29.1 Å². The van der Waals surface area contributed by atoms with Crippen LogP contribution in [-0.2, 0) is 0 Å². The normalized spacial score (nSPS) is 14.9. The fourth-order valence-electron chi connectivity index (χ4n) is 3.04. The summed E-state index contributed by atoms with van der Waals surface area (Å²) in [5, 5.41) is 3.60. The van der Waals surface area contributed by atoms with E-state index >= 15 is 0 Å². The van der Waals surface area contributed by atoms with E-state index in [2.05, 4.69) is 27.1 Å². The molecule has 144 valence electrons. The highest BCUT2D eigenvalue weighted by molar-refractivity contribution is 6.32. The van der Waals surface area contributed by atoms with Gasteiger partial charge in [-0.15, -0.1) is 0 Å². The summed E-state index contributed by atoms with van der Waals surface area (Å²) in [5.74, 6) is 0.897. The Balaban J connectivity index is 1.76. The van der Waals surface area contributed by atoms with Crippen LogP contribution >= 0.6 is 11.6 Å². The summed E-state index contributed by atoms with van der Waals surface area (Å²) in [4.78, 5) is 25.8. The number of carbonyl (C=O) groups excluding carboxylic acids is 1. The molecule has 1 aliphatic heterocycles. The second-order valence-corrected chi connectivity index (χ2v) is 6.83. The van der Waals surface area contributed by atoms with Crippen molar-refractivity contribution < 1.29 is 9.53 Å². The second kappa shape index (κ2) is 8.54. The van der Waals surface area contributed by atoms with Crippen molar-refractivity contribution in [3.05, 3.63) is 40.7 Å². The molecule has 27 heavy (non-hydrogen) atoms. The van der Waals surface area contributed by atoms with Crippen molar-refractivity contribution in [1.29, 1.82) is 0 Å². The number of halogens is 1. The number of anilines is 2. The molecule has 1 fully saturated rings. The maximum Gasteiger partial charge on any atom is 0.272 e. The SMILES string of the molecule is CCN1CCN(C(=O)c2cc(C)nc(Nc3ccc(OC)c(Cl)c3)n2)CC1. The molecule has 1 saturated heterocycles. The number of piperazine rings is 1. The number of ether oxygens (including phenoxy) is 1. The van der Waals surface area contributed by atoms with Crippen LogP contribution in [0.25, 0.3) is 0 Å². The van der Waals surface area contributed by atoms with Crippen LogP contribution in [0.3, 0.4) is 0 Å². The minimum atomic E-state index is -0.0629. The number of likely N-dealkylation sites (N-methyl/N-ethyl adjacent to an activating group) is 1. The first-order chi connectivity index (χ1) is 13.0. The molecule has 1 amide bonds. The number of nitrogens with one attached hydrogen (secondary N) is 1. The van der Waals surface area contributed by atoms with Crippen LogP contribution < -0.4 is 10.1 Å². The molecular formula is C19H24ClN5O2. The van der Waals surface area contributed by atoms with Crippen molar-refractivity contribution in [1.82, 2.24) is 19.8 Å². The molecule has 8 heteroatoms. The van der Waals surface area contributed by atoms with Gasteiger partial charge >= 0.3 is 0 Å². The molecule has 0 spiro atoms. The molecule has 1 N–H and O–H groups in total. The van der Waals surface area contributed by atoms with E-state index in [0.29, 0.717) is 35.5 Å². The zero-order valence-electron chi connectivity index (χ0n) is 15.8. The van der Waals surface area contributed by atoms with Gasteiger partial charge in [0.2, 0.25) is 5.95 Å². The van der Waals surface area contributed by atoms with E-state index in [1.165, 1.54) is 0 Å². The van der Waals surface area contributed by atoms with E-state index in [1.807, 2.05) is 17.9 Å². The molecular weight excluding hydrogens is 366 g/mol. The van der Waals surface area contributed by atoms with E-state index < -0.39 is 0 Å². The number of hydrogen-bond acceptors (Lipinski definition) is 6. The lowest BCUT2D eigenvalue weighted by Crippen LogP contribution is -2.48. The molecule has 7 nitrogen and oxygen atoms in total. The molecule has 3 rings (SSSR count). The van der Waals surface area contributed by atoms with Gasteiger partial charge in [-0.1, -0.05) is 18.5 Å². The van der Waals surface area contributed by atoms with E-state index in [1.54, 1.807) is 25.3 Å². The summed E-state index contributed by atoms with van der Waals surface area (Å²) in [6, 6.07) is 7.04. The molecule has 1 aromatic heterocycles. The lowest BCUT2D eigenvalue weighted by atomic mass is 10.2. The lowest BCUT2D eigenvalue weighted by Gasteiger charge is -2.33. The first-order valence-electron chi connectivity index (χ1n) is 8.98. The fraction of sp³-hybridized carbons (Fsp3) is 0.421. The third-order valence-corrected chi connectivity index (χ3v) is 4.88. The lowest BCUT2D eigenvalue weighted by molar-refractivity contribution is 0.0637. The number of aryl methyl sites for hydroxylation is 1. The summed E-state index contributed by atoms with van der Waals surface area (Å²) >= 11 is 6.16. The molecule has 0 saturated carbocycles. The minimum Gasteiger partial charge on any atom is -0.495 e. The second-order valence-electron chi connectivity index (χ2n) is 6.42. The van der Waals surface area contributed by atoms with E-state index in [0.717, 1.165) is 31.0 Å². The van der Waals surface area contributed by atoms with Gasteiger partial charge in [0, 0.05) is 37.6 Å². The standard InChI is InChI=1S/C19H24ClN5O2/c1-4-24-7-9-25(10-8-24)18(26)16-11-13(2)21-19(23-16)22-14-5-6-17(27-3)15(20)12-14/h5-6,11-12H,4,7-10H2,1-3H3,(H,21,22,23). The molecule has 1 aromatic carbocycles. The zero-order valence-corrected chi connectivity index (χ0v) is 16.6. The van der Waals surface area contributed by atoms with Crippen LogP contribution in [0.1, 0.15) is 23.1 Å². The van der Waals surface area contributed by atoms with Gasteiger partial charge in [0.05, 0.1) is 12.1 Å². The third-order valence-electron chi connectivity index (χ3n) is 4.59. The van der Waals surface area contributed by atoms with Crippen LogP contribution in [0.5, 0.6) is 5.75 Å². The summed E-state index contributed by atoms with van der Waals surface area (Å²) in [6.45, 7) is 8.20. The molecule has 1 aliphatic rings. The van der Waals surface area contributed by atoms with Gasteiger partial charge in [0.1, 0.15) is 11.4 Å². The molecule has 0 radical (unpaired) electrons. The quantitative estimate of drug-likeness (QED) is 0.847. The Morgan fingerprint density at radius 3 is 2.59 bits per heavy atom. The van der Waals surface area contributed by atoms with Crippen molar-refractivity contribution in [2.45, 2.75) is 13.8 Å². The Kier molecular flexibility index (Phi) is 6.13. The van der Waals surface area contributed by atoms with Crippen molar-refractivity contribution in [2.75, 3.05) is 45.2 Å². The smallest absolute Gasteiger partial charge is 0.272 e. The average Bonchev–Trinajstić information content (AvgIpc) is 2.67. The summed E-state index contributed by atoms with van der Waals surface area (Å²) in [7, 11) is 1.57. The Morgan fingerprint density at radius 2 is 1.96 bits per heavy atom. The molecule has 0 unspecified atom stereocenters. The van der Waals surface area contributed by atoms with Crippen LogP contribution in [-0.4, -0.2) is 65.5 Å². The highest BCUT2D eigenvalue weighted by Crippen LogP contribution is 2.28. The van der Waals surface area contributed by atoms with E-state index in [-0.39, 0.29) is 5.91 Å². The zero-order chi connectivity index (χ0) is 19.4. The van der Waals surface area contributed by atoms with Gasteiger partial charge in [0.25, 0.3) is 5.91 Å². The molecule has 2 heterocycles. The largest absolute Gasteiger partial charge is 0.495 e. The monoisotopic (exact) mass is 389 g/mol. The van der Waals surface area contributed by atoms with Gasteiger partial charge in [-0.2, -0.15) is 0 Å². The number of carbonyl (C=O) groups is 1. The van der Waals surface area contributed by atoms with Crippen molar-refractivity contribution in [2.24, 2.45) is 0 Å². The fourth-order valence-corrected chi connectivity index (χ4v) is 3.29. The van der Waals surface area contributed by atoms with Crippen LogP contribution in [0.2, 0.25) is 5.02 Å². The highest BCUT2D eigenvalue weighted by atomic mass is 35.5. The maximum absolute atomic E-state index is 12.8. The maximum atomic E-state index is 12.8. The number of aromatic nitrogens is 2. The number of amides is 1. The van der Waals surface area contributed by atoms with Crippen LogP contribution in [0.15, 0.2) is 24.3 Å². The number of nitrogens with zero attached hydrogens (tertiary/aromatic N) is 4. The topological polar surface area (TPSA) is 70.6 Å². The first-order valence-corrected chi connectivity index (χ1v) is 9.36. The van der Waals surface area contributed by atoms with E-state index in [9.17, 15) is 4.79 Å².